The van der Waals surface area contributed by atoms with Crippen molar-refractivity contribution in [3.63, 3.8) is 0 Å². The molecule has 1 aliphatic heterocycles. The fourth-order valence-electron chi connectivity index (χ4n) is 1.62. The lowest BCUT2D eigenvalue weighted by Crippen LogP contribution is -2.85. The number of hydrogen-bond donors (Lipinski definition) is 1. The summed E-state index contributed by atoms with van der Waals surface area (Å²) in [6.07, 6.45) is 2.23. The van der Waals surface area contributed by atoms with Crippen LogP contribution in [-0.2, 0) is 4.79 Å². The van der Waals surface area contributed by atoms with Crippen molar-refractivity contribution in [1.29, 1.82) is 0 Å². The van der Waals surface area contributed by atoms with Crippen LogP contribution in [0.5, 0.6) is 0 Å². The Kier molecular flexibility index (Phi) is 1.27. The van der Waals surface area contributed by atoms with E-state index in [1.807, 2.05) is 4.90 Å². The maximum atomic E-state index is 11.4. The zero-order valence-corrected chi connectivity index (χ0v) is 6.97. The molecule has 3 N–H and O–H groups in total. The molecule has 11 heavy (non-hydrogen) atoms. The molecular formula is C8H15N2O+. The van der Waals surface area contributed by atoms with Crippen LogP contribution in [0.4, 0.5) is 0 Å². The molecule has 0 aromatic rings. The Balaban J connectivity index is 1.85. The molecule has 0 atom stereocenters. The summed E-state index contributed by atoms with van der Waals surface area (Å²) in [7, 11) is 0. The Bertz CT molecular complexity index is 188. The maximum absolute atomic E-state index is 11.4. The van der Waals surface area contributed by atoms with Gasteiger partial charge < -0.3 is 10.6 Å². The van der Waals surface area contributed by atoms with Crippen LogP contribution in [0.25, 0.3) is 0 Å². The van der Waals surface area contributed by atoms with Crippen molar-refractivity contribution in [3.05, 3.63) is 0 Å². The summed E-state index contributed by atoms with van der Waals surface area (Å²) >= 11 is 0. The molecule has 3 heteroatoms. The molecule has 2 fully saturated rings. The highest BCUT2D eigenvalue weighted by molar-refractivity contribution is 5.82. The van der Waals surface area contributed by atoms with E-state index >= 15 is 0 Å². The Morgan fingerprint density at radius 2 is 2.09 bits per heavy atom. The van der Waals surface area contributed by atoms with Gasteiger partial charge in [0.25, 0.3) is 0 Å². The first-order valence-corrected chi connectivity index (χ1v) is 4.23. The van der Waals surface area contributed by atoms with Crippen LogP contribution >= 0.6 is 0 Å². The van der Waals surface area contributed by atoms with E-state index in [1.165, 1.54) is 0 Å². The van der Waals surface area contributed by atoms with Gasteiger partial charge >= 0.3 is 0 Å². The van der Waals surface area contributed by atoms with Gasteiger partial charge in [-0.05, 0) is 19.8 Å². The molecule has 1 amide bonds. The monoisotopic (exact) mass is 155 g/mol. The van der Waals surface area contributed by atoms with Crippen LogP contribution in [0.3, 0.4) is 0 Å². The maximum Gasteiger partial charge on any atom is 0.226 e. The van der Waals surface area contributed by atoms with E-state index in [0.717, 1.165) is 25.9 Å². The van der Waals surface area contributed by atoms with Crippen LogP contribution in [-0.4, -0.2) is 29.4 Å². The fourth-order valence-corrected chi connectivity index (χ4v) is 1.62. The highest BCUT2D eigenvalue weighted by Crippen LogP contribution is 2.33. The summed E-state index contributed by atoms with van der Waals surface area (Å²) in [6.45, 7) is 3.83. The SMILES string of the molecule is CC1([NH3+])CN(C(=O)C2CC2)C1. The Labute approximate surface area is 66.5 Å². The van der Waals surface area contributed by atoms with Gasteiger partial charge in [0, 0.05) is 5.92 Å². The lowest BCUT2D eigenvalue weighted by molar-refractivity contribution is -0.494. The van der Waals surface area contributed by atoms with Gasteiger partial charge in [0.15, 0.2) is 0 Å². The van der Waals surface area contributed by atoms with Crippen molar-refractivity contribution in [1.82, 2.24) is 4.90 Å². The summed E-state index contributed by atoms with van der Waals surface area (Å²) in [5, 5.41) is 0. The van der Waals surface area contributed by atoms with Crippen LogP contribution in [0.15, 0.2) is 0 Å². The Hall–Kier alpha value is -0.570. The van der Waals surface area contributed by atoms with Gasteiger partial charge in [0.2, 0.25) is 5.91 Å². The number of likely N-dealkylation sites (tertiary alicyclic amines) is 1. The molecule has 0 bridgehead atoms. The molecule has 62 valence electrons. The Morgan fingerprint density at radius 3 is 2.45 bits per heavy atom. The van der Waals surface area contributed by atoms with E-state index in [2.05, 4.69) is 12.7 Å². The van der Waals surface area contributed by atoms with Crippen molar-refractivity contribution >= 4 is 5.91 Å². The molecular weight excluding hydrogens is 140 g/mol. The van der Waals surface area contributed by atoms with Gasteiger partial charge in [0.05, 0.1) is 13.1 Å². The minimum absolute atomic E-state index is 0.143. The second-order valence-corrected chi connectivity index (χ2v) is 4.28. The number of hydrogen-bond acceptors (Lipinski definition) is 1. The molecule has 1 heterocycles. The lowest BCUT2D eigenvalue weighted by atomic mass is 9.93. The number of nitrogens with zero attached hydrogens (tertiary/aromatic N) is 1. The number of carbonyl (C=O) groups excluding carboxylic acids is 1. The molecule has 0 unspecified atom stereocenters. The smallest absolute Gasteiger partial charge is 0.226 e. The fraction of sp³-hybridized carbons (Fsp3) is 0.875. The van der Waals surface area contributed by atoms with Crippen LogP contribution < -0.4 is 5.73 Å². The molecule has 0 radical (unpaired) electrons. The van der Waals surface area contributed by atoms with Gasteiger partial charge in [-0.2, -0.15) is 0 Å². The normalized spacial score (nSPS) is 28.0. The average molecular weight is 155 g/mol. The topological polar surface area (TPSA) is 48.0 Å². The van der Waals surface area contributed by atoms with E-state index in [0.29, 0.717) is 11.8 Å². The molecule has 2 rings (SSSR count). The van der Waals surface area contributed by atoms with Crippen molar-refractivity contribution in [2.75, 3.05) is 13.1 Å². The zero-order chi connectivity index (χ0) is 8.06. The number of carbonyl (C=O) groups is 1. The van der Waals surface area contributed by atoms with Crippen LogP contribution in [0.1, 0.15) is 19.8 Å². The molecule has 1 aliphatic carbocycles. The largest absolute Gasteiger partial charge is 0.350 e. The van der Waals surface area contributed by atoms with Gasteiger partial charge in [-0.25, -0.2) is 0 Å². The van der Waals surface area contributed by atoms with Gasteiger partial charge in [-0.1, -0.05) is 0 Å². The minimum atomic E-state index is 0.143. The standard InChI is InChI=1S/C8H14N2O/c1-8(9)4-10(5-8)7(11)6-2-3-6/h6H,2-5,9H2,1H3/p+1. The summed E-state index contributed by atoms with van der Waals surface area (Å²) < 4.78 is 0. The van der Waals surface area contributed by atoms with E-state index in [4.69, 9.17) is 0 Å². The minimum Gasteiger partial charge on any atom is -0.350 e. The average Bonchev–Trinajstić information content (AvgIpc) is 2.61. The van der Waals surface area contributed by atoms with Gasteiger partial charge in [0.1, 0.15) is 5.54 Å². The van der Waals surface area contributed by atoms with Crippen LogP contribution in [0, 0.1) is 5.92 Å². The quantitative estimate of drug-likeness (QED) is 0.531. The first-order valence-electron chi connectivity index (χ1n) is 4.23. The third-order valence-electron chi connectivity index (χ3n) is 2.38. The third kappa shape index (κ3) is 1.25. The van der Waals surface area contributed by atoms with Gasteiger partial charge in [-0.15, -0.1) is 0 Å². The van der Waals surface area contributed by atoms with Crippen molar-refractivity contribution in [2.24, 2.45) is 5.92 Å². The first kappa shape index (κ1) is 7.10. The molecule has 0 aromatic carbocycles. The van der Waals surface area contributed by atoms with Crippen molar-refractivity contribution < 1.29 is 10.5 Å². The van der Waals surface area contributed by atoms with Gasteiger partial charge in [-0.3, -0.25) is 4.79 Å². The predicted octanol–water partition coefficient (Wildman–Crippen LogP) is -0.761. The summed E-state index contributed by atoms with van der Waals surface area (Å²) in [4.78, 5) is 13.3. The number of rotatable bonds is 1. The summed E-state index contributed by atoms with van der Waals surface area (Å²) in [5.74, 6) is 0.747. The van der Waals surface area contributed by atoms with E-state index < -0.39 is 0 Å². The zero-order valence-electron chi connectivity index (χ0n) is 6.97. The third-order valence-corrected chi connectivity index (χ3v) is 2.38. The molecule has 1 saturated carbocycles. The summed E-state index contributed by atoms with van der Waals surface area (Å²) in [5.41, 5.74) is 4.14. The number of quaternary nitrogens is 1. The first-order chi connectivity index (χ1) is 5.08. The Morgan fingerprint density at radius 1 is 1.55 bits per heavy atom. The molecule has 0 spiro atoms. The highest BCUT2D eigenvalue weighted by atomic mass is 16.2. The lowest BCUT2D eigenvalue weighted by Gasteiger charge is -2.42. The van der Waals surface area contributed by atoms with E-state index in [9.17, 15) is 4.79 Å². The highest BCUT2D eigenvalue weighted by Gasteiger charge is 2.45. The second-order valence-electron chi connectivity index (χ2n) is 4.28. The van der Waals surface area contributed by atoms with Crippen molar-refractivity contribution in [3.8, 4) is 0 Å². The molecule has 1 saturated heterocycles. The van der Waals surface area contributed by atoms with E-state index in [1.54, 1.807) is 0 Å². The van der Waals surface area contributed by atoms with E-state index in [-0.39, 0.29) is 5.54 Å². The summed E-state index contributed by atoms with van der Waals surface area (Å²) in [6, 6.07) is 0. The van der Waals surface area contributed by atoms with Crippen molar-refractivity contribution in [2.45, 2.75) is 25.3 Å². The van der Waals surface area contributed by atoms with Crippen LogP contribution in [0.2, 0.25) is 0 Å². The molecule has 3 nitrogen and oxygen atoms in total. The number of amides is 1. The molecule has 0 aromatic heterocycles. The second kappa shape index (κ2) is 1.97. The molecule has 2 aliphatic rings. The predicted molar refractivity (Wildman–Crippen MR) is 40.6 cm³/mol.